The average Bonchev–Trinajstić information content (AvgIpc) is 2.82. The molecule has 1 aliphatic rings. The third kappa shape index (κ3) is 2.31. The molecule has 0 radical (unpaired) electrons. The van der Waals surface area contributed by atoms with Gasteiger partial charge < -0.3 is 14.2 Å². The van der Waals surface area contributed by atoms with E-state index in [2.05, 4.69) is 10.8 Å². The summed E-state index contributed by atoms with van der Waals surface area (Å²) in [6.45, 7) is 0.188. The Bertz CT molecular complexity index is 478. The van der Waals surface area contributed by atoms with Crippen LogP contribution in [0.3, 0.4) is 0 Å². The number of hydrogen-bond donors (Lipinski definition) is 0. The minimum atomic E-state index is -0.531. The van der Waals surface area contributed by atoms with Gasteiger partial charge >= 0.3 is 5.97 Å². The highest BCUT2D eigenvalue weighted by molar-refractivity contribution is 5.71. The first-order chi connectivity index (χ1) is 8.24. The topological polar surface area (TPSA) is 68.6 Å². The molecule has 5 heteroatoms. The van der Waals surface area contributed by atoms with Gasteiger partial charge in [-0.15, -0.1) is 0 Å². The standard InChI is InChI=1S/C12H11NO4/c1-15-12(14)5-9(6-13)8-2-3-10-11(4-8)17-7-16-10/h2-4,9H,5,7H2,1H3. The van der Waals surface area contributed by atoms with E-state index in [0.29, 0.717) is 11.5 Å². The van der Waals surface area contributed by atoms with Crippen LogP contribution < -0.4 is 9.47 Å². The second kappa shape index (κ2) is 4.74. The average molecular weight is 233 g/mol. The van der Waals surface area contributed by atoms with Gasteiger partial charge in [0.2, 0.25) is 6.79 Å². The van der Waals surface area contributed by atoms with Crippen molar-refractivity contribution in [2.75, 3.05) is 13.9 Å². The van der Waals surface area contributed by atoms with Crippen LogP contribution in [0.5, 0.6) is 11.5 Å². The third-order valence-corrected chi connectivity index (χ3v) is 2.55. The van der Waals surface area contributed by atoms with Crippen LogP contribution in [-0.2, 0) is 9.53 Å². The SMILES string of the molecule is COC(=O)CC(C#N)c1ccc2c(c1)OCO2. The van der Waals surface area contributed by atoms with Crippen molar-refractivity contribution >= 4 is 5.97 Å². The van der Waals surface area contributed by atoms with Crippen molar-refractivity contribution in [3.63, 3.8) is 0 Å². The maximum Gasteiger partial charge on any atom is 0.307 e. The first-order valence-corrected chi connectivity index (χ1v) is 5.10. The molecule has 2 rings (SSSR count). The Morgan fingerprint density at radius 3 is 3.00 bits per heavy atom. The highest BCUT2D eigenvalue weighted by Gasteiger charge is 2.20. The number of esters is 1. The molecule has 0 aliphatic carbocycles. The Hall–Kier alpha value is -2.22. The number of nitrogens with zero attached hydrogens (tertiary/aromatic N) is 1. The smallest absolute Gasteiger partial charge is 0.307 e. The summed E-state index contributed by atoms with van der Waals surface area (Å²) in [6.07, 6.45) is 0.0344. The van der Waals surface area contributed by atoms with Gasteiger partial charge in [0.05, 0.1) is 25.5 Å². The van der Waals surface area contributed by atoms with E-state index in [4.69, 9.17) is 14.7 Å². The van der Waals surface area contributed by atoms with Crippen LogP contribution in [0.4, 0.5) is 0 Å². The lowest BCUT2D eigenvalue weighted by Gasteiger charge is -2.08. The van der Waals surface area contributed by atoms with Gasteiger partial charge in [0.25, 0.3) is 0 Å². The molecule has 1 atom stereocenters. The molecule has 1 aromatic rings. The molecule has 17 heavy (non-hydrogen) atoms. The van der Waals surface area contributed by atoms with E-state index < -0.39 is 11.9 Å². The molecule has 1 unspecified atom stereocenters. The molecule has 0 N–H and O–H groups in total. The van der Waals surface area contributed by atoms with E-state index in [9.17, 15) is 4.79 Å². The van der Waals surface area contributed by atoms with Crippen molar-refractivity contribution in [1.29, 1.82) is 5.26 Å². The van der Waals surface area contributed by atoms with Crippen LogP contribution in [-0.4, -0.2) is 19.9 Å². The highest BCUT2D eigenvalue weighted by atomic mass is 16.7. The summed E-state index contributed by atoms with van der Waals surface area (Å²) in [4.78, 5) is 11.2. The number of rotatable bonds is 3. The molecule has 0 amide bonds. The predicted octanol–water partition coefficient (Wildman–Crippen LogP) is 1.59. The fourth-order valence-corrected chi connectivity index (χ4v) is 1.62. The van der Waals surface area contributed by atoms with E-state index >= 15 is 0 Å². The van der Waals surface area contributed by atoms with Gasteiger partial charge in [0.15, 0.2) is 11.5 Å². The molecule has 0 fully saturated rings. The van der Waals surface area contributed by atoms with E-state index in [0.717, 1.165) is 5.56 Å². The molecule has 0 spiro atoms. The monoisotopic (exact) mass is 233 g/mol. The van der Waals surface area contributed by atoms with Crippen LogP contribution in [0.1, 0.15) is 17.9 Å². The predicted molar refractivity (Wildman–Crippen MR) is 57.6 cm³/mol. The quantitative estimate of drug-likeness (QED) is 0.741. The Balaban J connectivity index is 2.20. The zero-order chi connectivity index (χ0) is 12.3. The Morgan fingerprint density at radius 2 is 2.29 bits per heavy atom. The summed E-state index contributed by atoms with van der Waals surface area (Å²) in [5.41, 5.74) is 0.724. The molecule has 5 nitrogen and oxygen atoms in total. The number of benzene rings is 1. The fraction of sp³-hybridized carbons (Fsp3) is 0.333. The van der Waals surface area contributed by atoms with Crippen LogP contribution in [0.15, 0.2) is 18.2 Å². The molecule has 0 aromatic heterocycles. The minimum absolute atomic E-state index is 0.0344. The zero-order valence-electron chi connectivity index (χ0n) is 9.30. The number of nitriles is 1. The summed E-state index contributed by atoms with van der Waals surface area (Å²) in [6, 6.07) is 7.29. The number of carbonyl (C=O) groups excluding carboxylic acids is 1. The highest BCUT2D eigenvalue weighted by Crippen LogP contribution is 2.35. The number of fused-ring (bicyclic) bond motifs is 1. The maximum absolute atomic E-state index is 11.2. The van der Waals surface area contributed by atoms with Gasteiger partial charge in [-0.25, -0.2) is 0 Å². The molecule has 1 heterocycles. The number of hydrogen-bond acceptors (Lipinski definition) is 5. The Kier molecular flexibility index (Phi) is 3.15. The van der Waals surface area contributed by atoms with Crippen LogP contribution >= 0.6 is 0 Å². The molecular weight excluding hydrogens is 222 g/mol. The summed E-state index contributed by atoms with van der Waals surface area (Å²) in [5.74, 6) is 0.322. The lowest BCUT2D eigenvalue weighted by atomic mass is 9.97. The van der Waals surface area contributed by atoms with Crippen molar-refractivity contribution in [2.45, 2.75) is 12.3 Å². The summed E-state index contributed by atoms with van der Waals surface area (Å²) < 4.78 is 14.9. The first-order valence-electron chi connectivity index (χ1n) is 5.10. The molecule has 0 bridgehead atoms. The lowest BCUT2D eigenvalue weighted by molar-refractivity contribution is -0.140. The summed E-state index contributed by atoms with van der Waals surface area (Å²) in [5, 5.41) is 9.04. The van der Waals surface area contributed by atoms with E-state index in [1.54, 1.807) is 18.2 Å². The fourth-order valence-electron chi connectivity index (χ4n) is 1.62. The lowest BCUT2D eigenvalue weighted by Crippen LogP contribution is -2.07. The van der Waals surface area contributed by atoms with Crippen LogP contribution in [0.25, 0.3) is 0 Å². The van der Waals surface area contributed by atoms with Gasteiger partial charge in [0.1, 0.15) is 0 Å². The Morgan fingerprint density at radius 1 is 1.53 bits per heavy atom. The van der Waals surface area contributed by atoms with Crippen molar-refractivity contribution in [2.24, 2.45) is 0 Å². The molecule has 0 saturated heterocycles. The van der Waals surface area contributed by atoms with Crippen molar-refractivity contribution < 1.29 is 19.0 Å². The van der Waals surface area contributed by atoms with Gasteiger partial charge in [0, 0.05) is 0 Å². The Labute approximate surface area is 98.5 Å². The van der Waals surface area contributed by atoms with Crippen molar-refractivity contribution in [3.8, 4) is 17.6 Å². The number of ether oxygens (including phenoxy) is 3. The third-order valence-electron chi connectivity index (χ3n) is 2.55. The van der Waals surface area contributed by atoms with Gasteiger partial charge in [-0.1, -0.05) is 6.07 Å². The van der Waals surface area contributed by atoms with E-state index in [-0.39, 0.29) is 13.2 Å². The van der Waals surface area contributed by atoms with Crippen molar-refractivity contribution in [1.82, 2.24) is 0 Å². The summed E-state index contributed by atoms with van der Waals surface area (Å²) >= 11 is 0. The molecule has 1 aromatic carbocycles. The summed E-state index contributed by atoms with van der Waals surface area (Å²) in [7, 11) is 1.30. The second-order valence-electron chi connectivity index (χ2n) is 3.57. The van der Waals surface area contributed by atoms with Gasteiger partial charge in [-0.2, -0.15) is 5.26 Å². The molecule has 0 saturated carbocycles. The molecule has 88 valence electrons. The van der Waals surface area contributed by atoms with E-state index in [1.807, 2.05) is 0 Å². The normalized spacial score (nSPS) is 13.9. The van der Waals surface area contributed by atoms with Gasteiger partial charge in [-0.05, 0) is 17.7 Å². The van der Waals surface area contributed by atoms with Crippen molar-refractivity contribution in [3.05, 3.63) is 23.8 Å². The zero-order valence-corrected chi connectivity index (χ0v) is 9.30. The molecule has 1 aliphatic heterocycles. The van der Waals surface area contributed by atoms with Crippen LogP contribution in [0, 0.1) is 11.3 Å². The number of methoxy groups -OCH3 is 1. The minimum Gasteiger partial charge on any atom is -0.469 e. The maximum atomic E-state index is 11.2. The second-order valence-corrected chi connectivity index (χ2v) is 3.57. The van der Waals surface area contributed by atoms with Crippen LogP contribution in [0.2, 0.25) is 0 Å². The molecular formula is C12H11NO4. The largest absolute Gasteiger partial charge is 0.469 e. The first kappa shape index (κ1) is 11.3. The van der Waals surface area contributed by atoms with Gasteiger partial charge in [-0.3, -0.25) is 4.79 Å². The van der Waals surface area contributed by atoms with E-state index in [1.165, 1.54) is 7.11 Å². The number of carbonyl (C=O) groups is 1.